The fourth-order valence-electron chi connectivity index (χ4n) is 4.44. The van der Waals surface area contributed by atoms with Gasteiger partial charge in [-0.2, -0.15) is 11.3 Å². The number of para-hydroxylation sites is 1. The Morgan fingerprint density at radius 3 is 2.60 bits per heavy atom. The van der Waals surface area contributed by atoms with Gasteiger partial charge in [0.1, 0.15) is 5.82 Å². The third-order valence-electron chi connectivity index (χ3n) is 5.70. The van der Waals surface area contributed by atoms with Crippen LogP contribution in [0.5, 0.6) is 0 Å². The largest absolute Gasteiger partial charge is 0.465 e. The first-order chi connectivity index (χ1) is 12.1. The van der Waals surface area contributed by atoms with E-state index in [9.17, 15) is 14.3 Å². The summed E-state index contributed by atoms with van der Waals surface area (Å²) in [6.07, 6.45) is 2.64. The lowest BCUT2D eigenvalue weighted by Crippen LogP contribution is -2.51. The van der Waals surface area contributed by atoms with Crippen molar-refractivity contribution in [1.82, 2.24) is 4.90 Å². The molecule has 0 aliphatic carbocycles. The third-order valence-corrected chi connectivity index (χ3v) is 6.39. The smallest absolute Gasteiger partial charge is 0.412 e. The van der Waals surface area contributed by atoms with E-state index >= 15 is 0 Å². The van der Waals surface area contributed by atoms with Gasteiger partial charge in [-0.05, 0) is 61.2 Å². The van der Waals surface area contributed by atoms with Gasteiger partial charge in [0.25, 0.3) is 0 Å². The Bertz CT molecular complexity index is 766. The van der Waals surface area contributed by atoms with Crippen LogP contribution in [-0.2, 0) is 0 Å². The van der Waals surface area contributed by atoms with Gasteiger partial charge >= 0.3 is 6.09 Å². The highest BCUT2D eigenvalue weighted by Crippen LogP contribution is 2.41. The highest BCUT2D eigenvalue weighted by Gasteiger charge is 2.43. The van der Waals surface area contributed by atoms with Crippen molar-refractivity contribution in [3.05, 3.63) is 40.8 Å². The predicted molar refractivity (Wildman–Crippen MR) is 97.8 cm³/mol. The molecule has 0 radical (unpaired) electrons. The van der Waals surface area contributed by atoms with Gasteiger partial charge in [0.05, 0.1) is 5.69 Å². The van der Waals surface area contributed by atoms with Crippen molar-refractivity contribution in [2.24, 2.45) is 0 Å². The highest BCUT2D eigenvalue weighted by molar-refractivity contribution is 7.08. The first kappa shape index (κ1) is 16.5. The summed E-state index contributed by atoms with van der Waals surface area (Å²) < 4.78 is 14.8. The van der Waals surface area contributed by atoms with Crippen LogP contribution in [0.25, 0.3) is 11.1 Å². The second kappa shape index (κ2) is 6.42. The Kier molecular flexibility index (Phi) is 4.25. The van der Waals surface area contributed by atoms with E-state index in [-0.39, 0.29) is 11.7 Å². The molecule has 2 saturated heterocycles. The number of thiophene rings is 1. The number of rotatable bonds is 3. The van der Waals surface area contributed by atoms with Crippen LogP contribution in [0.3, 0.4) is 0 Å². The number of nitrogens with zero attached hydrogens (tertiary/aromatic N) is 2. The molecule has 25 heavy (non-hydrogen) atoms. The molecule has 3 atom stereocenters. The number of halogens is 1. The highest BCUT2D eigenvalue weighted by atomic mass is 32.1. The zero-order valence-corrected chi connectivity index (χ0v) is 14.9. The summed E-state index contributed by atoms with van der Waals surface area (Å²) in [6.45, 7) is 0. The Labute approximate surface area is 150 Å². The number of anilines is 1. The second-order valence-electron chi connectivity index (χ2n) is 6.98. The lowest BCUT2D eigenvalue weighted by molar-refractivity contribution is 0.151. The van der Waals surface area contributed by atoms with E-state index in [1.165, 1.54) is 22.3 Å². The minimum absolute atomic E-state index is 0.180. The number of carboxylic acid groups (broad SMARTS) is 1. The van der Waals surface area contributed by atoms with Crippen LogP contribution in [0.1, 0.15) is 25.7 Å². The number of benzene rings is 1. The molecule has 1 amide bonds. The summed E-state index contributed by atoms with van der Waals surface area (Å²) in [7, 11) is 2.11. The lowest BCUT2D eigenvalue weighted by Gasteiger charge is -2.41. The predicted octanol–water partition coefficient (Wildman–Crippen LogP) is 4.66. The zero-order chi connectivity index (χ0) is 17.6. The Balaban J connectivity index is 1.77. The quantitative estimate of drug-likeness (QED) is 0.865. The Morgan fingerprint density at radius 1 is 1.28 bits per heavy atom. The standard InChI is InChI=1S/C19H21FN2O2S/c1-21-13-5-6-14(21)10-15(9-13)22(19(23)24)18-16(3-2-4-17(18)20)12-7-8-25-11-12/h2-4,7-8,11,13-15H,5-6,9-10H2,1H3,(H,23,24)/t13-,14+,15?. The number of hydrogen-bond donors (Lipinski definition) is 1. The van der Waals surface area contributed by atoms with E-state index in [4.69, 9.17) is 0 Å². The summed E-state index contributed by atoms with van der Waals surface area (Å²) in [6, 6.07) is 7.31. The molecule has 2 aliphatic heterocycles. The van der Waals surface area contributed by atoms with Crippen LogP contribution in [0.15, 0.2) is 35.0 Å². The topological polar surface area (TPSA) is 43.8 Å². The molecule has 2 fully saturated rings. The van der Waals surface area contributed by atoms with E-state index in [0.29, 0.717) is 17.6 Å². The molecule has 1 N–H and O–H groups in total. The summed E-state index contributed by atoms with van der Waals surface area (Å²) in [5.41, 5.74) is 1.71. The van der Waals surface area contributed by atoms with Crippen molar-refractivity contribution in [3.8, 4) is 11.1 Å². The fraction of sp³-hybridized carbons (Fsp3) is 0.421. The molecule has 1 aromatic heterocycles. The molecule has 6 heteroatoms. The summed E-state index contributed by atoms with van der Waals surface area (Å²) in [4.78, 5) is 15.8. The summed E-state index contributed by atoms with van der Waals surface area (Å²) >= 11 is 1.52. The average molecular weight is 360 g/mol. The Hall–Kier alpha value is -1.92. The van der Waals surface area contributed by atoms with Crippen LogP contribution in [0, 0.1) is 5.82 Å². The molecule has 0 saturated carbocycles. The molecule has 2 bridgehead atoms. The van der Waals surface area contributed by atoms with Crippen molar-refractivity contribution >= 4 is 23.1 Å². The molecule has 1 aromatic carbocycles. The normalized spacial score (nSPS) is 25.9. The fourth-order valence-corrected chi connectivity index (χ4v) is 5.09. The first-order valence-corrected chi connectivity index (χ1v) is 9.55. The maximum absolute atomic E-state index is 14.8. The number of fused-ring (bicyclic) bond motifs is 2. The number of piperidine rings is 1. The molecular formula is C19H21FN2O2S. The van der Waals surface area contributed by atoms with Crippen LogP contribution in [0.4, 0.5) is 14.9 Å². The van der Waals surface area contributed by atoms with E-state index < -0.39 is 11.9 Å². The minimum Gasteiger partial charge on any atom is -0.465 e. The summed E-state index contributed by atoms with van der Waals surface area (Å²) in [5, 5.41) is 13.8. The van der Waals surface area contributed by atoms with Crippen molar-refractivity contribution in [3.63, 3.8) is 0 Å². The van der Waals surface area contributed by atoms with E-state index in [1.807, 2.05) is 16.8 Å². The van der Waals surface area contributed by atoms with Gasteiger partial charge in [0.15, 0.2) is 0 Å². The van der Waals surface area contributed by atoms with Gasteiger partial charge in [-0.25, -0.2) is 9.18 Å². The van der Waals surface area contributed by atoms with Crippen molar-refractivity contribution in [1.29, 1.82) is 0 Å². The van der Waals surface area contributed by atoms with E-state index in [0.717, 1.165) is 31.2 Å². The molecule has 3 heterocycles. The molecule has 4 nitrogen and oxygen atoms in total. The van der Waals surface area contributed by atoms with E-state index in [1.54, 1.807) is 12.1 Å². The average Bonchev–Trinajstić information content (AvgIpc) is 3.16. The molecular weight excluding hydrogens is 339 g/mol. The maximum Gasteiger partial charge on any atom is 0.412 e. The molecule has 2 aromatic rings. The van der Waals surface area contributed by atoms with Crippen molar-refractivity contribution in [2.75, 3.05) is 11.9 Å². The van der Waals surface area contributed by atoms with Gasteiger partial charge in [-0.15, -0.1) is 0 Å². The number of amides is 1. The Morgan fingerprint density at radius 2 is 2.00 bits per heavy atom. The number of carbonyl (C=O) groups is 1. The van der Waals surface area contributed by atoms with Gasteiger partial charge in [-0.1, -0.05) is 12.1 Å². The van der Waals surface area contributed by atoms with Gasteiger partial charge < -0.3 is 10.0 Å². The zero-order valence-electron chi connectivity index (χ0n) is 14.1. The van der Waals surface area contributed by atoms with Gasteiger partial charge in [-0.3, -0.25) is 4.90 Å². The van der Waals surface area contributed by atoms with Gasteiger partial charge in [0, 0.05) is 23.7 Å². The van der Waals surface area contributed by atoms with E-state index in [2.05, 4.69) is 11.9 Å². The monoisotopic (exact) mass is 360 g/mol. The molecule has 132 valence electrons. The van der Waals surface area contributed by atoms with Crippen molar-refractivity contribution in [2.45, 2.75) is 43.8 Å². The van der Waals surface area contributed by atoms with Crippen LogP contribution in [-0.4, -0.2) is 41.3 Å². The molecule has 4 rings (SSSR count). The molecule has 1 unspecified atom stereocenters. The second-order valence-corrected chi connectivity index (χ2v) is 7.76. The maximum atomic E-state index is 14.8. The molecule has 0 spiro atoms. The number of hydrogen-bond acceptors (Lipinski definition) is 3. The molecule has 2 aliphatic rings. The van der Waals surface area contributed by atoms with Crippen LogP contribution in [0.2, 0.25) is 0 Å². The first-order valence-electron chi connectivity index (χ1n) is 8.61. The summed E-state index contributed by atoms with van der Waals surface area (Å²) in [5.74, 6) is -0.475. The van der Waals surface area contributed by atoms with Gasteiger partial charge in [0.2, 0.25) is 0 Å². The third kappa shape index (κ3) is 2.83. The van der Waals surface area contributed by atoms with Crippen LogP contribution >= 0.6 is 11.3 Å². The van der Waals surface area contributed by atoms with Crippen molar-refractivity contribution < 1.29 is 14.3 Å². The lowest BCUT2D eigenvalue weighted by atomic mass is 9.95. The van der Waals surface area contributed by atoms with Crippen LogP contribution < -0.4 is 4.90 Å². The minimum atomic E-state index is -1.07. The SMILES string of the molecule is CN1[C@@H]2CC[C@H]1CC(N(C(=O)O)c1c(F)cccc1-c1ccsc1)C2.